The zero-order chi connectivity index (χ0) is 27.9. The molecule has 2 heterocycles. The highest BCUT2D eigenvalue weighted by Gasteiger charge is 2.46. The topological polar surface area (TPSA) is 78.1 Å². The van der Waals surface area contributed by atoms with E-state index in [1.165, 1.54) is 24.0 Å². The molecule has 8 nitrogen and oxygen atoms in total. The number of allylic oxidation sites excluding steroid dienone is 2. The summed E-state index contributed by atoms with van der Waals surface area (Å²) in [4.78, 5) is 15.4. The summed E-state index contributed by atoms with van der Waals surface area (Å²) in [6.45, 7) is 14.0. The van der Waals surface area contributed by atoms with E-state index in [1.807, 2.05) is 30.9 Å². The third-order valence-corrected chi connectivity index (χ3v) is 7.44. The Morgan fingerprint density at radius 3 is 2.72 bits per heavy atom. The minimum atomic E-state index is -0.336. The first-order chi connectivity index (χ1) is 18.9. The van der Waals surface area contributed by atoms with Gasteiger partial charge in [0, 0.05) is 31.6 Å². The summed E-state index contributed by atoms with van der Waals surface area (Å²) in [6.07, 6.45) is 11.4. The number of nitrogens with zero attached hydrogens (tertiary/aromatic N) is 6. The van der Waals surface area contributed by atoms with Gasteiger partial charge in [0.25, 0.3) is 0 Å². The molecule has 1 aromatic carbocycles. The minimum Gasteiger partial charge on any atom is -0.462 e. The quantitative estimate of drug-likeness (QED) is 0.202. The molecule has 3 aromatic rings. The van der Waals surface area contributed by atoms with E-state index in [-0.39, 0.29) is 17.8 Å². The van der Waals surface area contributed by atoms with Crippen molar-refractivity contribution >= 4 is 11.5 Å². The summed E-state index contributed by atoms with van der Waals surface area (Å²) in [5.74, 6) is -0.00246. The van der Waals surface area contributed by atoms with Crippen molar-refractivity contribution in [3.05, 3.63) is 76.9 Å². The second-order valence-corrected chi connectivity index (χ2v) is 10.3. The fourth-order valence-electron chi connectivity index (χ4n) is 5.10. The second-order valence-electron chi connectivity index (χ2n) is 10.3. The first-order valence-corrected chi connectivity index (χ1v) is 14.2. The highest BCUT2D eigenvalue weighted by Crippen LogP contribution is 2.55. The Balaban J connectivity index is 1.63. The van der Waals surface area contributed by atoms with Crippen molar-refractivity contribution in [3.63, 3.8) is 0 Å². The number of aromatic nitrogens is 5. The molecule has 0 radical (unpaired) electrons. The van der Waals surface area contributed by atoms with Gasteiger partial charge in [0.2, 0.25) is 0 Å². The average molecular weight is 531 g/mol. The van der Waals surface area contributed by atoms with Gasteiger partial charge in [-0.1, -0.05) is 49.8 Å². The molecule has 0 saturated heterocycles. The summed E-state index contributed by atoms with van der Waals surface area (Å²) in [7, 11) is 1.87. The predicted molar refractivity (Wildman–Crippen MR) is 155 cm³/mol. The highest BCUT2D eigenvalue weighted by molar-refractivity contribution is 5.91. The van der Waals surface area contributed by atoms with Crippen molar-refractivity contribution in [2.45, 2.75) is 65.7 Å². The standard InChI is InChI=1S/C31H42N6O2/c1-7-11-15-36(9-3)20-23(8-2)16-22(5)24-13-12-14-25(17-24)37-30(28(19-32-37)31(38)39-10-4)27-18-26(27)29-21-35(6)34-33-29/h8,12-14,16-17,19,21,26-27H,7,9-11,15,18,20H2,1-6H3/b22-16+,23-8+/t26-,27-/m1/s1. The Bertz CT molecular complexity index is 1330. The molecule has 0 spiro atoms. The SMILES string of the molecule is C/C=C(\C=C(/C)c1cccc(-n2ncc(C(=O)OCC)c2[C@@H]2C[C@H]2c2cn(C)nn2)c1)CN(CC)CCCC. The van der Waals surface area contributed by atoms with E-state index in [1.54, 1.807) is 10.9 Å². The number of benzene rings is 1. The summed E-state index contributed by atoms with van der Waals surface area (Å²) in [5.41, 5.74) is 6.90. The van der Waals surface area contributed by atoms with Crippen LogP contribution in [0.1, 0.15) is 93.0 Å². The predicted octanol–water partition coefficient (Wildman–Crippen LogP) is 5.92. The van der Waals surface area contributed by atoms with Crippen LogP contribution in [0.25, 0.3) is 11.3 Å². The first-order valence-electron chi connectivity index (χ1n) is 14.2. The van der Waals surface area contributed by atoms with Gasteiger partial charge in [0.15, 0.2) is 0 Å². The van der Waals surface area contributed by atoms with Crippen molar-refractivity contribution in [1.82, 2.24) is 29.7 Å². The second kappa shape index (κ2) is 13.0. The molecule has 1 aliphatic carbocycles. The molecule has 2 aromatic heterocycles. The average Bonchev–Trinajstić information content (AvgIpc) is 3.39. The van der Waals surface area contributed by atoms with E-state index >= 15 is 0 Å². The molecule has 0 unspecified atom stereocenters. The summed E-state index contributed by atoms with van der Waals surface area (Å²) in [5, 5.41) is 13.1. The van der Waals surface area contributed by atoms with Gasteiger partial charge in [-0.05, 0) is 75.5 Å². The Morgan fingerprint density at radius 1 is 1.23 bits per heavy atom. The van der Waals surface area contributed by atoms with E-state index in [0.29, 0.717) is 12.2 Å². The molecular formula is C31H42N6O2. The Kier molecular flexibility index (Phi) is 9.51. The number of hydrogen-bond donors (Lipinski definition) is 0. The van der Waals surface area contributed by atoms with Crippen molar-refractivity contribution in [2.24, 2.45) is 7.05 Å². The van der Waals surface area contributed by atoms with E-state index in [2.05, 4.69) is 78.4 Å². The number of unbranched alkanes of at least 4 members (excludes halogenated alkanes) is 1. The third-order valence-electron chi connectivity index (χ3n) is 7.44. The van der Waals surface area contributed by atoms with Crippen LogP contribution in [0.4, 0.5) is 0 Å². The molecule has 39 heavy (non-hydrogen) atoms. The number of rotatable bonds is 13. The monoisotopic (exact) mass is 530 g/mol. The Hall–Kier alpha value is -3.52. The zero-order valence-electron chi connectivity index (χ0n) is 24.2. The molecule has 1 aliphatic rings. The maximum Gasteiger partial charge on any atom is 0.341 e. The van der Waals surface area contributed by atoms with Gasteiger partial charge in [-0.15, -0.1) is 5.10 Å². The molecule has 2 atom stereocenters. The van der Waals surface area contributed by atoms with Crippen LogP contribution in [0.2, 0.25) is 0 Å². The molecule has 208 valence electrons. The molecule has 0 bridgehead atoms. The summed E-state index contributed by atoms with van der Waals surface area (Å²) in [6, 6.07) is 8.38. The van der Waals surface area contributed by atoms with E-state index in [9.17, 15) is 4.79 Å². The van der Waals surface area contributed by atoms with Gasteiger partial charge >= 0.3 is 5.97 Å². The number of ether oxygens (including phenoxy) is 1. The van der Waals surface area contributed by atoms with Crippen LogP contribution in [0, 0.1) is 0 Å². The summed E-state index contributed by atoms with van der Waals surface area (Å²) < 4.78 is 9.01. The molecular weight excluding hydrogens is 488 g/mol. The third kappa shape index (κ3) is 6.74. The number of carbonyl (C=O) groups is 1. The van der Waals surface area contributed by atoms with Gasteiger partial charge in [0.1, 0.15) is 5.56 Å². The molecule has 1 saturated carbocycles. The normalized spacial score (nSPS) is 17.6. The maximum absolute atomic E-state index is 12.9. The van der Waals surface area contributed by atoms with Crippen LogP contribution in [0.15, 0.2) is 54.4 Å². The lowest BCUT2D eigenvalue weighted by Crippen LogP contribution is -2.26. The van der Waals surface area contributed by atoms with E-state index in [0.717, 1.165) is 48.7 Å². The van der Waals surface area contributed by atoms with Gasteiger partial charge < -0.3 is 4.74 Å². The summed E-state index contributed by atoms with van der Waals surface area (Å²) >= 11 is 0. The molecule has 8 heteroatoms. The van der Waals surface area contributed by atoms with Gasteiger partial charge in [-0.2, -0.15) is 5.10 Å². The zero-order valence-corrected chi connectivity index (χ0v) is 24.2. The smallest absolute Gasteiger partial charge is 0.341 e. The Morgan fingerprint density at radius 2 is 2.05 bits per heavy atom. The van der Waals surface area contributed by atoms with Crippen LogP contribution in [0.3, 0.4) is 0 Å². The maximum atomic E-state index is 12.9. The number of aryl methyl sites for hydroxylation is 1. The lowest BCUT2D eigenvalue weighted by atomic mass is 10.0. The fraction of sp³-hybridized carbons (Fsp3) is 0.484. The van der Waals surface area contributed by atoms with Gasteiger partial charge in [-0.3, -0.25) is 9.58 Å². The molecule has 1 fully saturated rings. The van der Waals surface area contributed by atoms with Crippen molar-refractivity contribution in [1.29, 1.82) is 0 Å². The molecule has 0 N–H and O–H groups in total. The van der Waals surface area contributed by atoms with Gasteiger partial charge in [-0.25, -0.2) is 9.48 Å². The van der Waals surface area contributed by atoms with Crippen molar-refractivity contribution in [3.8, 4) is 5.69 Å². The number of esters is 1. The largest absolute Gasteiger partial charge is 0.462 e. The number of hydrogen-bond acceptors (Lipinski definition) is 6. The molecule has 4 rings (SSSR count). The van der Waals surface area contributed by atoms with Crippen LogP contribution >= 0.6 is 0 Å². The number of carbonyl (C=O) groups excluding carboxylic acids is 1. The van der Waals surface area contributed by atoms with E-state index in [4.69, 9.17) is 4.74 Å². The lowest BCUT2D eigenvalue weighted by Gasteiger charge is -2.21. The lowest BCUT2D eigenvalue weighted by molar-refractivity contribution is 0.0525. The van der Waals surface area contributed by atoms with Crippen LogP contribution in [0.5, 0.6) is 0 Å². The van der Waals surface area contributed by atoms with E-state index < -0.39 is 0 Å². The Labute approximate surface area is 232 Å². The number of likely N-dealkylation sites (N-methyl/N-ethyl adjacent to an activating group) is 1. The molecule has 0 amide bonds. The van der Waals surface area contributed by atoms with Crippen LogP contribution in [-0.2, 0) is 11.8 Å². The minimum absolute atomic E-state index is 0.127. The van der Waals surface area contributed by atoms with Crippen LogP contribution in [-0.4, -0.2) is 61.9 Å². The van der Waals surface area contributed by atoms with Crippen molar-refractivity contribution in [2.75, 3.05) is 26.2 Å². The molecule has 0 aliphatic heterocycles. The van der Waals surface area contributed by atoms with Gasteiger partial charge in [0.05, 0.1) is 29.9 Å². The highest BCUT2D eigenvalue weighted by atomic mass is 16.5. The first kappa shape index (κ1) is 28.5. The van der Waals surface area contributed by atoms with Crippen LogP contribution < -0.4 is 0 Å². The van der Waals surface area contributed by atoms with Crippen molar-refractivity contribution < 1.29 is 9.53 Å². The fourth-order valence-corrected chi connectivity index (χ4v) is 5.10.